The maximum absolute atomic E-state index is 11.1. The lowest BCUT2D eigenvalue weighted by atomic mass is 9.98. The van der Waals surface area contributed by atoms with Crippen molar-refractivity contribution >= 4 is 5.97 Å². The highest BCUT2D eigenvalue weighted by atomic mass is 16.5. The molecule has 1 atom stereocenters. The SMILES string of the molecule is C=C(C)C(=O)OCCCCCCCCCC(C)CCC. The van der Waals surface area contributed by atoms with Gasteiger partial charge in [0.25, 0.3) is 0 Å². The molecule has 0 N–H and O–H groups in total. The highest BCUT2D eigenvalue weighted by Crippen LogP contribution is 2.16. The molecular weight excluding hydrogens is 248 g/mol. The molecule has 20 heavy (non-hydrogen) atoms. The second-order valence-electron chi connectivity index (χ2n) is 6.07. The van der Waals surface area contributed by atoms with Gasteiger partial charge < -0.3 is 4.74 Å². The van der Waals surface area contributed by atoms with Gasteiger partial charge in [-0.2, -0.15) is 0 Å². The monoisotopic (exact) mass is 282 g/mol. The molecule has 0 fully saturated rings. The van der Waals surface area contributed by atoms with Crippen molar-refractivity contribution in [3.05, 3.63) is 12.2 Å². The molecule has 0 saturated carbocycles. The number of ether oxygens (including phenoxy) is 1. The van der Waals surface area contributed by atoms with Gasteiger partial charge in [0.2, 0.25) is 0 Å². The summed E-state index contributed by atoms with van der Waals surface area (Å²) in [5.74, 6) is 0.647. The maximum atomic E-state index is 11.1. The number of hydrogen-bond acceptors (Lipinski definition) is 2. The molecule has 0 heterocycles. The predicted molar refractivity (Wildman–Crippen MR) is 86.8 cm³/mol. The van der Waals surface area contributed by atoms with Crippen LogP contribution >= 0.6 is 0 Å². The molecule has 0 saturated heterocycles. The zero-order valence-electron chi connectivity index (χ0n) is 13.9. The third-order valence-electron chi connectivity index (χ3n) is 3.70. The fourth-order valence-electron chi connectivity index (χ4n) is 2.40. The molecular formula is C18H34O2. The Morgan fingerprint density at radius 3 is 2.10 bits per heavy atom. The quantitative estimate of drug-likeness (QED) is 0.247. The molecule has 0 rings (SSSR count). The average molecular weight is 282 g/mol. The molecule has 118 valence electrons. The van der Waals surface area contributed by atoms with Crippen molar-refractivity contribution in [1.29, 1.82) is 0 Å². The summed E-state index contributed by atoms with van der Waals surface area (Å²) in [6.07, 6.45) is 12.9. The van der Waals surface area contributed by atoms with E-state index in [2.05, 4.69) is 20.4 Å². The molecule has 0 aromatic rings. The average Bonchev–Trinajstić information content (AvgIpc) is 2.40. The molecule has 1 unspecified atom stereocenters. The van der Waals surface area contributed by atoms with E-state index >= 15 is 0 Å². The number of carbonyl (C=O) groups excluding carboxylic acids is 1. The second-order valence-corrected chi connectivity index (χ2v) is 6.07. The zero-order chi connectivity index (χ0) is 15.2. The van der Waals surface area contributed by atoms with Gasteiger partial charge >= 0.3 is 5.97 Å². The van der Waals surface area contributed by atoms with Crippen LogP contribution in [0.4, 0.5) is 0 Å². The fourth-order valence-corrected chi connectivity index (χ4v) is 2.40. The first-order chi connectivity index (χ1) is 9.57. The lowest BCUT2D eigenvalue weighted by Crippen LogP contribution is -2.05. The van der Waals surface area contributed by atoms with E-state index in [4.69, 9.17) is 4.74 Å². The second kappa shape index (κ2) is 13.2. The Morgan fingerprint density at radius 1 is 1.00 bits per heavy atom. The van der Waals surface area contributed by atoms with E-state index in [1.165, 1.54) is 51.4 Å². The van der Waals surface area contributed by atoms with Crippen LogP contribution in [0.3, 0.4) is 0 Å². The van der Waals surface area contributed by atoms with E-state index in [9.17, 15) is 4.79 Å². The third kappa shape index (κ3) is 12.3. The summed E-state index contributed by atoms with van der Waals surface area (Å²) in [5.41, 5.74) is 0.488. The summed E-state index contributed by atoms with van der Waals surface area (Å²) in [6.45, 7) is 10.4. The van der Waals surface area contributed by atoms with Gasteiger partial charge in [0.1, 0.15) is 0 Å². The molecule has 2 heteroatoms. The van der Waals surface area contributed by atoms with Gasteiger partial charge in [-0.1, -0.05) is 78.2 Å². The Labute approximate surface area is 126 Å². The zero-order valence-corrected chi connectivity index (χ0v) is 13.9. The highest BCUT2D eigenvalue weighted by Gasteiger charge is 2.02. The highest BCUT2D eigenvalue weighted by molar-refractivity contribution is 5.86. The van der Waals surface area contributed by atoms with Crippen LogP contribution in [0.15, 0.2) is 12.2 Å². The Hall–Kier alpha value is -0.790. The van der Waals surface area contributed by atoms with Crippen molar-refractivity contribution in [2.75, 3.05) is 6.61 Å². The Morgan fingerprint density at radius 2 is 1.55 bits per heavy atom. The normalized spacial score (nSPS) is 12.2. The topological polar surface area (TPSA) is 26.3 Å². The summed E-state index contributed by atoms with van der Waals surface area (Å²) in [5, 5.41) is 0. The molecule has 0 aliphatic rings. The number of carbonyl (C=O) groups is 1. The molecule has 0 radical (unpaired) electrons. The van der Waals surface area contributed by atoms with E-state index in [1.54, 1.807) is 6.92 Å². The van der Waals surface area contributed by atoms with Gasteiger partial charge in [0.15, 0.2) is 0 Å². The summed E-state index contributed by atoms with van der Waals surface area (Å²) < 4.78 is 5.06. The first-order valence-electron chi connectivity index (χ1n) is 8.40. The number of unbranched alkanes of at least 4 members (excludes halogenated alkanes) is 6. The molecule has 0 aromatic carbocycles. The van der Waals surface area contributed by atoms with Crippen LogP contribution in [0, 0.1) is 5.92 Å². The number of rotatable bonds is 13. The maximum Gasteiger partial charge on any atom is 0.333 e. The summed E-state index contributed by atoms with van der Waals surface area (Å²) in [6, 6.07) is 0. The predicted octanol–water partition coefficient (Wildman–Crippen LogP) is 5.66. The molecule has 0 spiro atoms. The number of hydrogen-bond donors (Lipinski definition) is 0. The van der Waals surface area contributed by atoms with Crippen LogP contribution < -0.4 is 0 Å². The number of esters is 1. The van der Waals surface area contributed by atoms with Crippen molar-refractivity contribution in [2.45, 2.75) is 85.0 Å². The molecule has 0 aliphatic heterocycles. The van der Waals surface area contributed by atoms with Crippen molar-refractivity contribution < 1.29 is 9.53 Å². The van der Waals surface area contributed by atoms with Gasteiger partial charge in [-0.05, 0) is 19.3 Å². The Bertz CT molecular complexity index is 258. The van der Waals surface area contributed by atoms with Crippen LogP contribution in [-0.4, -0.2) is 12.6 Å². The van der Waals surface area contributed by atoms with Crippen LogP contribution in [0.5, 0.6) is 0 Å². The van der Waals surface area contributed by atoms with E-state index < -0.39 is 0 Å². The fraction of sp³-hybridized carbons (Fsp3) is 0.833. The van der Waals surface area contributed by atoms with Gasteiger partial charge in [0.05, 0.1) is 6.61 Å². The first kappa shape index (κ1) is 19.2. The van der Waals surface area contributed by atoms with Crippen LogP contribution in [0.25, 0.3) is 0 Å². The van der Waals surface area contributed by atoms with Crippen molar-refractivity contribution in [3.63, 3.8) is 0 Å². The van der Waals surface area contributed by atoms with Gasteiger partial charge in [-0.15, -0.1) is 0 Å². The largest absolute Gasteiger partial charge is 0.462 e. The molecule has 2 nitrogen and oxygen atoms in total. The van der Waals surface area contributed by atoms with Crippen LogP contribution in [0.2, 0.25) is 0 Å². The van der Waals surface area contributed by atoms with Crippen molar-refractivity contribution in [1.82, 2.24) is 0 Å². The smallest absolute Gasteiger partial charge is 0.333 e. The van der Waals surface area contributed by atoms with Gasteiger partial charge in [-0.3, -0.25) is 0 Å². The van der Waals surface area contributed by atoms with Gasteiger partial charge in [-0.25, -0.2) is 4.79 Å². The third-order valence-corrected chi connectivity index (χ3v) is 3.70. The standard InChI is InChI=1S/C18H34O2/c1-5-13-17(4)14-11-9-7-6-8-10-12-15-20-18(19)16(2)3/h17H,2,5-15H2,1,3-4H3. The Kier molecular flexibility index (Phi) is 12.7. The van der Waals surface area contributed by atoms with E-state index in [-0.39, 0.29) is 5.97 Å². The lowest BCUT2D eigenvalue weighted by Gasteiger charge is -2.09. The van der Waals surface area contributed by atoms with Crippen LogP contribution in [0.1, 0.15) is 85.0 Å². The van der Waals surface area contributed by atoms with Crippen molar-refractivity contribution in [3.8, 4) is 0 Å². The summed E-state index contributed by atoms with van der Waals surface area (Å²) in [4.78, 5) is 11.1. The first-order valence-corrected chi connectivity index (χ1v) is 8.40. The van der Waals surface area contributed by atoms with E-state index in [0.29, 0.717) is 12.2 Å². The lowest BCUT2D eigenvalue weighted by molar-refractivity contribution is -0.139. The molecule has 0 amide bonds. The molecule has 0 bridgehead atoms. The molecule has 0 aromatic heterocycles. The molecule has 0 aliphatic carbocycles. The van der Waals surface area contributed by atoms with E-state index in [1.807, 2.05) is 0 Å². The summed E-state index contributed by atoms with van der Waals surface area (Å²) >= 11 is 0. The Balaban J connectivity index is 3.17. The minimum Gasteiger partial charge on any atom is -0.462 e. The van der Waals surface area contributed by atoms with Gasteiger partial charge in [0, 0.05) is 5.57 Å². The van der Waals surface area contributed by atoms with E-state index in [0.717, 1.165) is 18.8 Å². The summed E-state index contributed by atoms with van der Waals surface area (Å²) in [7, 11) is 0. The van der Waals surface area contributed by atoms with Crippen LogP contribution in [-0.2, 0) is 9.53 Å². The minimum absolute atomic E-state index is 0.258. The minimum atomic E-state index is -0.258. The van der Waals surface area contributed by atoms with Crippen molar-refractivity contribution in [2.24, 2.45) is 5.92 Å².